The number of aliphatic hydroxyl groups is 1. The first-order valence-electron chi connectivity index (χ1n) is 12.9. The minimum Gasteiger partial charge on any atom is -0.462 e. The summed E-state index contributed by atoms with van der Waals surface area (Å²) in [6.45, 7) is 9.09. The van der Waals surface area contributed by atoms with E-state index in [0.717, 1.165) is 24.0 Å². The molecular weight excluding hydrogens is 468 g/mol. The number of aryl methyl sites for hydroxylation is 2. The van der Waals surface area contributed by atoms with Crippen molar-refractivity contribution in [3.63, 3.8) is 0 Å². The minimum atomic E-state index is -0.664. The Labute approximate surface area is 221 Å². The van der Waals surface area contributed by atoms with Crippen molar-refractivity contribution in [3.8, 4) is 11.1 Å². The fourth-order valence-electron chi connectivity index (χ4n) is 3.78. The highest BCUT2D eigenvalue weighted by atomic mass is 16.5. The van der Waals surface area contributed by atoms with Crippen LogP contribution in [0.4, 0.5) is 0 Å². The van der Waals surface area contributed by atoms with E-state index >= 15 is 0 Å². The molecule has 0 saturated carbocycles. The number of carbonyl (C=O) groups is 2. The number of methoxy groups -OCH3 is 1. The third-order valence-corrected chi connectivity index (χ3v) is 6.14. The van der Waals surface area contributed by atoms with Crippen LogP contribution in [0.1, 0.15) is 43.7 Å². The summed E-state index contributed by atoms with van der Waals surface area (Å²) in [4.78, 5) is 24.0. The molecule has 0 spiro atoms. The summed E-state index contributed by atoms with van der Waals surface area (Å²) in [6, 6.07) is 17.2. The Morgan fingerprint density at radius 1 is 0.811 bits per heavy atom. The normalized spacial score (nSPS) is 11.5. The lowest BCUT2D eigenvalue weighted by molar-refractivity contribution is -0.144. The van der Waals surface area contributed by atoms with Gasteiger partial charge in [-0.2, -0.15) is 0 Å². The van der Waals surface area contributed by atoms with Gasteiger partial charge in [-0.25, -0.2) is 9.59 Å². The maximum absolute atomic E-state index is 12.1. The van der Waals surface area contributed by atoms with Crippen LogP contribution in [0.3, 0.4) is 0 Å². The lowest BCUT2D eigenvalue weighted by atomic mass is 9.97. The SMILES string of the molecule is C=C(CO)C(=O)OCC(CCc1ccc(-c2ccc(CCCCC)cc2)cc1)COC(=O)C(=C)COC. The van der Waals surface area contributed by atoms with E-state index in [1.807, 2.05) is 0 Å². The van der Waals surface area contributed by atoms with Gasteiger partial charge in [-0.1, -0.05) is 81.5 Å². The second kappa shape index (κ2) is 16.5. The molecule has 1 atom stereocenters. The van der Waals surface area contributed by atoms with Gasteiger partial charge in [0.25, 0.3) is 0 Å². The number of hydrogen-bond acceptors (Lipinski definition) is 6. The van der Waals surface area contributed by atoms with Crippen LogP contribution in [0.2, 0.25) is 0 Å². The quantitative estimate of drug-likeness (QED) is 0.173. The van der Waals surface area contributed by atoms with Gasteiger partial charge in [0.05, 0.1) is 37.6 Å². The number of ether oxygens (including phenoxy) is 3. The van der Waals surface area contributed by atoms with Gasteiger partial charge in [0.1, 0.15) is 0 Å². The second-order valence-corrected chi connectivity index (χ2v) is 9.25. The van der Waals surface area contributed by atoms with E-state index in [0.29, 0.717) is 6.42 Å². The van der Waals surface area contributed by atoms with Crippen LogP contribution in [0.25, 0.3) is 11.1 Å². The average molecular weight is 509 g/mol. The molecule has 1 N–H and O–H groups in total. The van der Waals surface area contributed by atoms with Crippen LogP contribution in [-0.2, 0) is 36.6 Å². The third kappa shape index (κ3) is 10.7. The Morgan fingerprint density at radius 2 is 1.32 bits per heavy atom. The van der Waals surface area contributed by atoms with Gasteiger partial charge in [-0.3, -0.25) is 0 Å². The average Bonchev–Trinajstić information content (AvgIpc) is 2.92. The van der Waals surface area contributed by atoms with Crippen molar-refractivity contribution in [3.05, 3.63) is 84.0 Å². The molecule has 0 radical (unpaired) electrons. The zero-order chi connectivity index (χ0) is 27.0. The first-order chi connectivity index (χ1) is 17.9. The first kappa shape index (κ1) is 30.0. The van der Waals surface area contributed by atoms with Gasteiger partial charge in [0.2, 0.25) is 0 Å². The Morgan fingerprint density at radius 3 is 1.81 bits per heavy atom. The van der Waals surface area contributed by atoms with Gasteiger partial charge < -0.3 is 19.3 Å². The number of unbranched alkanes of at least 4 members (excludes halogenated alkanes) is 2. The highest BCUT2D eigenvalue weighted by Gasteiger charge is 2.18. The lowest BCUT2D eigenvalue weighted by Gasteiger charge is -2.18. The van der Waals surface area contributed by atoms with Gasteiger partial charge in [0.15, 0.2) is 0 Å². The van der Waals surface area contributed by atoms with Crippen LogP contribution in [0, 0.1) is 5.92 Å². The van der Waals surface area contributed by atoms with E-state index in [-0.39, 0.29) is 36.9 Å². The van der Waals surface area contributed by atoms with Crippen molar-refractivity contribution in [2.24, 2.45) is 5.92 Å². The largest absolute Gasteiger partial charge is 0.462 e. The van der Waals surface area contributed by atoms with E-state index in [2.05, 4.69) is 68.6 Å². The second-order valence-electron chi connectivity index (χ2n) is 9.25. The van der Waals surface area contributed by atoms with Crippen molar-refractivity contribution >= 4 is 11.9 Å². The summed E-state index contributed by atoms with van der Waals surface area (Å²) in [5.74, 6) is -1.43. The molecule has 0 saturated heterocycles. The molecule has 6 nitrogen and oxygen atoms in total. The third-order valence-electron chi connectivity index (χ3n) is 6.14. The van der Waals surface area contributed by atoms with Gasteiger partial charge >= 0.3 is 11.9 Å². The molecule has 2 aromatic rings. The molecule has 0 fully saturated rings. The smallest absolute Gasteiger partial charge is 0.335 e. The molecule has 0 heterocycles. The summed E-state index contributed by atoms with van der Waals surface area (Å²) in [6.07, 6.45) is 6.18. The molecule has 0 amide bonds. The Hall–Kier alpha value is -3.22. The van der Waals surface area contributed by atoms with Gasteiger partial charge in [-0.05, 0) is 47.9 Å². The fraction of sp³-hybridized carbons (Fsp3) is 0.419. The number of carbonyl (C=O) groups excluding carboxylic acids is 2. The summed E-state index contributed by atoms with van der Waals surface area (Å²) in [5, 5.41) is 9.08. The van der Waals surface area contributed by atoms with Crippen LogP contribution in [-0.4, -0.2) is 50.6 Å². The van der Waals surface area contributed by atoms with Crippen LogP contribution >= 0.6 is 0 Å². The zero-order valence-corrected chi connectivity index (χ0v) is 22.2. The van der Waals surface area contributed by atoms with Crippen molar-refractivity contribution in [1.82, 2.24) is 0 Å². The molecule has 0 aliphatic heterocycles. The lowest BCUT2D eigenvalue weighted by Crippen LogP contribution is -2.23. The molecule has 2 aromatic carbocycles. The zero-order valence-electron chi connectivity index (χ0n) is 22.2. The highest BCUT2D eigenvalue weighted by molar-refractivity contribution is 5.88. The van der Waals surface area contributed by atoms with Crippen molar-refractivity contribution in [2.45, 2.75) is 45.4 Å². The predicted molar refractivity (Wildman–Crippen MR) is 146 cm³/mol. The monoisotopic (exact) mass is 508 g/mol. The first-order valence-corrected chi connectivity index (χ1v) is 12.9. The number of esters is 2. The number of aliphatic hydroxyl groups excluding tert-OH is 1. The number of benzene rings is 2. The molecule has 0 bridgehead atoms. The highest BCUT2D eigenvalue weighted by Crippen LogP contribution is 2.22. The van der Waals surface area contributed by atoms with E-state index < -0.39 is 18.5 Å². The van der Waals surface area contributed by atoms with Crippen molar-refractivity contribution in [1.29, 1.82) is 0 Å². The molecule has 0 aliphatic carbocycles. The predicted octanol–water partition coefficient (Wildman–Crippen LogP) is 5.47. The Kier molecular flexibility index (Phi) is 13.4. The summed E-state index contributed by atoms with van der Waals surface area (Å²) >= 11 is 0. The van der Waals surface area contributed by atoms with Crippen LogP contribution < -0.4 is 0 Å². The summed E-state index contributed by atoms with van der Waals surface area (Å²) in [5.41, 5.74) is 5.04. The Balaban J connectivity index is 1.96. The molecule has 37 heavy (non-hydrogen) atoms. The van der Waals surface area contributed by atoms with E-state index in [1.54, 1.807) is 0 Å². The maximum atomic E-state index is 12.1. The van der Waals surface area contributed by atoms with Crippen LogP contribution in [0.15, 0.2) is 72.8 Å². The molecule has 1 unspecified atom stereocenters. The summed E-state index contributed by atoms with van der Waals surface area (Å²) in [7, 11) is 1.48. The topological polar surface area (TPSA) is 82.1 Å². The van der Waals surface area contributed by atoms with Gasteiger partial charge in [-0.15, -0.1) is 0 Å². The van der Waals surface area contributed by atoms with Gasteiger partial charge in [0, 0.05) is 13.0 Å². The molecule has 2 rings (SSSR count). The molecule has 0 aliphatic rings. The van der Waals surface area contributed by atoms with E-state index in [1.165, 1.54) is 37.5 Å². The summed E-state index contributed by atoms with van der Waals surface area (Å²) < 4.78 is 15.5. The fourth-order valence-corrected chi connectivity index (χ4v) is 3.78. The number of rotatable bonds is 17. The molecule has 6 heteroatoms. The van der Waals surface area contributed by atoms with Crippen molar-refractivity contribution in [2.75, 3.05) is 33.5 Å². The number of hydrogen-bond donors (Lipinski definition) is 1. The minimum absolute atomic E-state index is 0.0196. The molecular formula is C31H40O6. The Bertz CT molecular complexity index is 1010. The van der Waals surface area contributed by atoms with Crippen LogP contribution in [0.5, 0.6) is 0 Å². The molecule has 200 valence electrons. The standard InChI is InChI=1S/C31H40O6/c1-5-6-7-8-25-11-15-28(16-12-25)29-17-13-26(14-18-29)9-10-27(21-36-30(33)23(2)19-32)22-37-31(34)24(3)20-35-4/h11-18,27,32H,2-3,5-10,19-22H2,1,4H3. The maximum Gasteiger partial charge on any atom is 0.335 e. The van der Waals surface area contributed by atoms with E-state index in [9.17, 15) is 9.59 Å². The van der Waals surface area contributed by atoms with E-state index in [4.69, 9.17) is 19.3 Å². The molecule has 0 aromatic heterocycles. The van der Waals surface area contributed by atoms with Crippen molar-refractivity contribution < 1.29 is 28.9 Å².